The second-order valence-corrected chi connectivity index (χ2v) is 3.57. The molecule has 3 heterocycles. The SMILES string of the molecule is O=C1NC(=O)C2C(=NC3=NCCCN32)N1. The molecule has 7 heteroatoms. The molecule has 2 N–H and O–H groups in total. The average Bonchev–Trinajstić information content (AvgIpc) is 2.54. The first-order valence-electron chi connectivity index (χ1n) is 4.77. The molecule has 3 aliphatic heterocycles. The van der Waals surface area contributed by atoms with Crippen LogP contribution in [0.15, 0.2) is 9.98 Å². The van der Waals surface area contributed by atoms with Crippen molar-refractivity contribution >= 4 is 23.7 Å². The van der Waals surface area contributed by atoms with Crippen LogP contribution in [0.25, 0.3) is 0 Å². The van der Waals surface area contributed by atoms with Gasteiger partial charge < -0.3 is 4.90 Å². The quantitative estimate of drug-likeness (QED) is 0.516. The highest BCUT2D eigenvalue weighted by molar-refractivity contribution is 6.26. The summed E-state index contributed by atoms with van der Waals surface area (Å²) in [7, 11) is 0. The molecule has 3 aliphatic rings. The number of fused-ring (bicyclic) bond motifs is 3. The van der Waals surface area contributed by atoms with Gasteiger partial charge in [-0.15, -0.1) is 0 Å². The maximum atomic E-state index is 11.6. The van der Waals surface area contributed by atoms with E-state index in [1.807, 2.05) is 4.90 Å². The number of amidine groups is 1. The lowest BCUT2D eigenvalue weighted by atomic mass is 10.2. The van der Waals surface area contributed by atoms with Gasteiger partial charge in [0.15, 0.2) is 6.04 Å². The molecule has 3 rings (SSSR count). The lowest BCUT2D eigenvalue weighted by Gasteiger charge is -2.29. The number of hydrogen-bond acceptors (Lipinski definition) is 5. The molecule has 7 nitrogen and oxygen atoms in total. The van der Waals surface area contributed by atoms with Crippen LogP contribution in [-0.4, -0.2) is 47.8 Å². The van der Waals surface area contributed by atoms with Crippen LogP contribution in [0, 0.1) is 0 Å². The summed E-state index contributed by atoms with van der Waals surface area (Å²) in [4.78, 5) is 32.8. The minimum Gasteiger partial charge on any atom is -0.322 e. The summed E-state index contributed by atoms with van der Waals surface area (Å²) in [5.74, 6) is 0.618. The predicted octanol–water partition coefficient (Wildman–Crippen LogP) is -1.33. The summed E-state index contributed by atoms with van der Waals surface area (Å²) in [5, 5.41) is 4.74. The monoisotopic (exact) mass is 207 g/mol. The fourth-order valence-corrected chi connectivity index (χ4v) is 1.96. The molecule has 1 unspecified atom stereocenters. The molecule has 0 radical (unpaired) electrons. The zero-order chi connectivity index (χ0) is 10.4. The Labute approximate surface area is 85.2 Å². The van der Waals surface area contributed by atoms with Crippen molar-refractivity contribution in [2.45, 2.75) is 12.5 Å². The van der Waals surface area contributed by atoms with Crippen LogP contribution in [-0.2, 0) is 4.79 Å². The van der Waals surface area contributed by atoms with Gasteiger partial charge in [0.25, 0.3) is 5.91 Å². The first-order valence-corrected chi connectivity index (χ1v) is 4.77. The molecule has 0 saturated carbocycles. The van der Waals surface area contributed by atoms with Crippen molar-refractivity contribution in [2.24, 2.45) is 9.98 Å². The number of carbonyl (C=O) groups excluding carboxylic acids is 2. The number of aliphatic imine (C=N–C) groups is 2. The van der Waals surface area contributed by atoms with Gasteiger partial charge in [-0.3, -0.25) is 20.4 Å². The van der Waals surface area contributed by atoms with E-state index >= 15 is 0 Å². The van der Waals surface area contributed by atoms with Crippen molar-refractivity contribution in [2.75, 3.05) is 13.1 Å². The molecule has 0 aromatic carbocycles. The number of urea groups is 1. The molecule has 0 aromatic rings. The third-order valence-corrected chi connectivity index (χ3v) is 2.59. The van der Waals surface area contributed by atoms with E-state index in [4.69, 9.17) is 0 Å². The molecule has 1 atom stereocenters. The van der Waals surface area contributed by atoms with Crippen LogP contribution in [0.1, 0.15) is 6.42 Å². The number of hydrogen-bond donors (Lipinski definition) is 2. The van der Waals surface area contributed by atoms with Gasteiger partial charge in [0.05, 0.1) is 0 Å². The van der Waals surface area contributed by atoms with Gasteiger partial charge in [0, 0.05) is 13.1 Å². The van der Waals surface area contributed by atoms with Gasteiger partial charge in [-0.05, 0) is 6.42 Å². The number of nitrogens with zero attached hydrogens (tertiary/aromatic N) is 3. The minimum absolute atomic E-state index is 0.329. The molecule has 1 saturated heterocycles. The third-order valence-electron chi connectivity index (χ3n) is 2.59. The van der Waals surface area contributed by atoms with Crippen molar-refractivity contribution < 1.29 is 9.59 Å². The fraction of sp³-hybridized carbons (Fsp3) is 0.500. The molecule has 0 aromatic heterocycles. The fourth-order valence-electron chi connectivity index (χ4n) is 1.96. The number of guanidine groups is 1. The Balaban J connectivity index is 2.00. The van der Waals surface area contributed by atoms with E-state index in [0.29, 0.717) is 11.8 Å². The van der Waals surface area contributed by atoms with Crippen molar-refractivity contribution in [1.82, 2.24) is 15.5 Å². The summed E-state index contributed by atoms with van der Waals surface area (Å²) < 4.78 is 0. The Morgan fingerprint density at radius 3 is 3.07 bits per heavy atom. The predicted molar refractivity (Wildman–Crippen MR) is 51.5 cm³/mol. The average molecular weight is 207 g/mol. The third kappa shape index (κ3) is 1.12. The van der Waals surface area contributed by atoms with E-state index in [1.54, 1.807) is 0 Å². The second-order valence-electron chi connectivity index (χ2n) is 3.57. The minimum atomic E-state index is -0.518. The van der Waals surface area contributed by atoms with Crippen LogP contribution in [0.2, 0.25) is 0 Å². The Morgan fingerprint density at radius 1 is 1.33 bits per heavy atom. The lowest BCUT2D eigenvalue weighted by molar-refractivity contribution is -0.122. The number of nitrogens with one attached hydrogen (secondary N) is 2. The molecule has 0 aliphatic carbocycles. The van der Waals surface area contributed by atoms with Crippen LogP contribution in [0.3, 0.4) is 0 Å². The molecule has 15 heavy (non-hydrogen) atoms. The van der Waals surface area contributed by atoms with E-state index in [-0.39, 0.29) is 5.91 Å². The van der Waals surface area contributed by atoms with Crippen LogP contribution >= 0.6 is 0 Å². The van der Waals surface area contributed by atoms with Crippen molar-refractivity contribution in [3.63, 3.8) is 0 Å². The van der Waals surface area contributed by atoms with E-state index in [9.17, 15) is 9.59 Å². The molecule has 1 fully saturated rings. The molecular weight excluding hydrogens is 198 g/mol. The normalized spacial score (nSPS) is 28.5. The van der Waals surface area contributed by atoms with E-state index < -0.39 is 12.1 Å². The van der Waals surface area contributed by atoms with E-state index in [2.05, 4.69) is 20.6 Å². The largest absolute Gasteiger partial charge is 0.326 e. The van der Waals surface area contributed by atoms with Gasteiger partial charge >= 0.3 is 6.03 Å². The number of rotatable bonds is 0. The Morgan fingerprint density at radius 2 is 2.20 bits per heavy atom. The highest BCUT2D eigenvalue weighted by Crippen LogP contribution is 2.18. The number of amides is 3. The van der Waals surface area contributed by atoms with Crippen LogP contribution < -0.4 is 10.6 Å². The molecule has 78 valence electrons. The zero-order valence-corrected chi connectivity index (χ0v) is 7.86. The maximum absolute atomic E-state index is 11.6. The molecule has 0 spiro atoms. The molecule has 0 bridgehead atoms. The highest BCUT2D eigenvalue weighted by Gasteiger charge is 2.43. The number of imide groups is 1. The topological polar surface area (TPSA) is 86.2 Å². The van der Waals surface area contributed by atoms with E-state index in [0.717, 1.165) is 19.5 Å². The molecular formula is C8H9N5O2. The second kappa shape index (κ2) is 2.78. The van der Waals surface area contributed by atoms with Gasteiger partial charge in [-0.25, -0.2) is 4.79 Å². The van der Waals surface area contributed by atoms with Gasteiger partial charge in [0.1, 0.15) is 5.84 Å². The molecule has 3 amide bonds. The summed E-state index contributed by atoms with van der Waals surface area (Å²) in [6.07, 6.45) is 0.907. The summed E-state index contributed by atoms with van der Waals surface area (Å²) in [5.41, 5.74) is 0. The lowest BCUT2D eigenvalue weighted by Crippen LogP contribution is -2.62. The zero-order valence-electron chi connectivity index (χ0n) is 7.86. The number of carbonyl (C=O) groups is 2. The standard InChI is InChI=1S/C8H9N5O2/c14-6-4-5(11-8(15)12-6)10-7-9-2-1-3-13(4)7/h4H,1-3H2,(H2,9,10,11,12,14,15). The Hall–Kier alpha value is -1.92. The Kier molecular flexibility index (Phi) is 1.56. The first-order chi connectivity index (χ1) is 7.25. The first kappa shape index (κ1) is 8.39. The van der Waals surface area contributed by atoms with Crippen LogP contribution in [0.4, 0.5) is 4.79 Å². The highest BCUT2D eigenvalue weighted by atomic mass is 16.2. The maximum Gasteiger partial charge on any atom is 0.326 e. The summed E-state index contributed by atoms with van der Waals surface area (Å²) >= 11 is 0. The smallest absolute Gasteiger partial charge is 0.322 e. The van der Waals surface area contributed by atoms with Crippen molar-refractivity contribution in [3.05, 3.63) is 0 Å². The summed E-state index contributed by atoms with van der Waals surface area (Å²) in [6.45, 7) is 1.48. The van der Waals surface area contributed by atoms with Gasteiger partial charge in [0.2, 0.25) is 5.96 Å². The van der Waals surface area contributed by atoms with E-state index in [1.165, 1.54) is 0 Å². The summed E-state index contributed by atoms with van der Waals surface area (Å²) in [6, 6.07) is -1.02. The van der Waals surface area contributed by atoms with Crippen molar-refractivity contribution in [3.8, 4) is 0 Å². The van der Waals surface area contributed by atoms with Crippen molar-refractivity contribution in [1.29, 1.82) is 0 Å². The van der Waals surface area contributed by atoms with Gasteiger partial charge in [-0.1, -0.05) is 0 Å². The van der Waals surface area contributed by atoms with Gasteiger partial charge in [-0.2, -0.15) is 4.99 Å². The Bertz CT molecular complexity index is 413. The van der Waals surface area contributed by atoms with Crippen LogP contribution in [0.5, 0.6) is 0 Å².